The highest BCUT2D eigenvalue weighted by Crippen LogP contribution is 2.14. The van der Waals surface area contributed by atoms with Gasteiger partial charge in [0, 0.05) is 57.2 Å². The molecule has 1 amide bonds. The van der Waals surface area contributed by atoms with E-state index in [4.69, 9.17) is 0 Å². The fourth-order valence-electron chi connectivity index (χ4n) is 3.07. The van der Waals surface area contributed by atoms with Crippen molar-refractivity contribution < 1.29 is 4.79 Å². The number of hydrogen-bond acceptors (Lipinski definition) is 3. The van der Waals surface area contributed by atoms with Gasteiger partial charge in [-0.2, -0.15) is 0 Å². The first-order chi connectivity index (χ1) is 11.3. The van der Waals surface area contributed by atoms with Gasteiger partial charge >= 0.3 is 0 Å². The lowest BCUT2D eigenvalue weighted by Gasteiger charge is -2.22. The predicted molar refractivity (Wildman–Crippen MR) is 90.3 cm³/mol. The molecule has 3 rings (SSSR count). The summed E-state index contributed by atoms with van der Waals surface area (Å²) in [6.07, 6.45) is 5.49. The number of rotatable bonds is 5. The summed E-state index contributed by atoms with van der Waals surface area (Å²) in [7, 11) is 0. The van der Waals surface area contributed by atoms with Gasteiger partial charge in [0.25, 0.3) is 0 Å². The zero-order valence-corrected chi connectivity index (χ0v) is 13.7. The first-order valence-corrected chi connectivity index (χ1v) is 8.35. The zero-order valence-electron chi connectivity index (χ0n) is 13.7. The standard InChI is InChI=1S/C18H24N4O/c1-2-10-21-14-13-20(12-8-18(21)23)15-16-6-5-11-22(16)17-7-3-4-9-19-17/h3-7,9,11H,2,8,10,12-15H2,1H3. The Morgan fingerprint density at radius 2 is 2.04 bits per heavy atom. The fraction of sp³-hybridized carbons (Fsp3) is 0.444. The maximum Gasteiger partial charge on any atom is 0.223 e. The summed E-state index contributed by atoms with van der Waals surface area (Å²) in [6, 6.07) is 10.1. The molecule has 0 unspecified atom stereocenters. The Hall–Kier alpha value is -2.14. The van der Waals surface area contributed by atoms with E-state index in [0.29, 0.717) is 6.42 Å². The maximum atomic E-state index is 12.1. The van der Waals surface area contributed by atoms with Gasteiger partial charge in [-0.15, -0.1) is 0 Å². The molecule has 2 aromatic heterocycles. The van der Waals surface area contributed by atoms with Gasteiger partial charge in [0.1, 0.15) is 5.82 Å². The molecule has 0 bridgehead atoms. The summed E-state index contributed by atoms with van der Waals surface area (Å²) in [6.45, 7) is 6.42. The minimum atomic E-state index is 0.287. The van der Waals surface area contributed by atoms with E-state index >= 15 is 0 Å². The lowest BCUT2D eigenvalue weighted by atomic mass is 10.3. The molecule has 2 aromatic rings. The minimum Gasteiger partial charge on any atom is -0.341 e. The monoisotopic (exact) mass is 312 g/mol. The third-order valence-electron chi connectivity index (χ3n) is 4.29. The molecule has 23 heavy (non-hydrogen) atoms. The second-order valence-electron chi connectivity index (χ2n) is 5.96. The molecule has 0 N–H and O–H groups in total. The van der Waals surface area contributed by atoms with E-state index in [0.717, 1.165) is 45.0 Å². The second-order valence-corrected chi connectivity index (χ2v) is 5.96. The number of pyridine rings is 1. The van der Waals surface area contributed by atoms with Crippen LogP contribution in [0.1, 0.15) is 25.5 Å². The van der Waals surface area contributed by atoms with Crippen molar-refractivity contribution in [3.63, 3.8) is 0 Å². The largest absolute Gasteiger partial charge is 0.341 e. The Labute approximate surface area is 137 Å². The van der Waals surface area contributed by atoms with Gasteiger partial charge in [-0.1, -0.05) is 13.0 Å². The van der Waals surface area contributed by atoms with E-state index in [1.807, 2.05) is 35.5 Å². The maximum absolute atomic E-state index is 12.1. The Bertz CT molecular complexity index is 637. The number of carbonyl (C=O) groups excluding carboxylic acids is 1. The summed E-state index contributed by atoms with van der Waals surface area (Å²) < 4.78 is 2.12. The SMILES string of the molecule is CCCN1CCN(Cc2cccn2-c2ccccn2)CCC1=O. The van der Waals surface area contributed by atoms with Crippen LogP contribution in [0.3, 0.4) is 0 Å². The molecule has 0 radical (unpaired) electrons. The molecule has 0 aliphatic carbocycles. The van der Waals surface area contributed by atoms with Gasteiger partial charge in [-0.05, 0) is 30.7 Å². The number of amides is 1. The van der Waals surface area contributed by atoms with Gasteiger partial charge in [0.05, 0.1) is 0 Å². The first kappa shape index (κ1) is 15.7. The Balaban J connectivity index is 1.69. The van der Waals surface area contributed by atoms with Crippen LogP contribution in [0.25, 0.3) is 5.82 Å². The Morgan fingerprint density at radius 3 is 2.83 bits per heavy atom. The molecule has 5 heteroatoms. The van der Waals surface area contributed by atoms with Gasteiger partial charge in [-0.3, -0.25) is 9.69 Å². The summed E-state index contributed by atoms with van der Waals surface area (Å²) in [5.41, 5.74) is 1.21. The van der Waals surface area contributed by atoms with Crippen LogP contribution < -0.4 is 0 Å². The van der Waals surface area contributed by atoms with E-state index in [1.54, 1.807) is 0 Å². The molecule has 1 aliphatic heterocycles. The topological polar surface area (TPSA) is 41.4 Å². The summed E-state index contributed by atoms with van der Waals surface area (Å²) >= 11 is 0. The normalized spacial score (nSPS) is 16.6. The van der Waals surface area contributed by atoms with Crippen molar-refractivity contribution in [2.45, 2.75) is 26.3 Å². The Kier molecular flexibility index (Phi) is 5.08. The second kappa shape index (κ2) is 7.42. The number of nitrogens with zero attached hydrogens (tertiary/aromatic N) is 4. The van der Waals surface area contributed by atoms with Gasteiger partial charge in [0.2, 0.25) is 5.91 Å². The van der Waals surface area contributed by atoms with Crippen molar-refractivity contribution in [3.8, 4) is 5.82 Å². The van der Waals surface area contributed by atoms with E-state index in [9.17, 15) is 4.79 Å². The van der Waals surface area contributed by atoms with E-state index in [1.165, 1.54) is 5.69 Å². The molecule has 0 saturated carbocycles. The van der Waals surface area contributed by atoms with Crippen molar-refractivity contribution in [3.05, 3.63) is 48.4 Å². The minimum absolute atomic E-state index is 0.287. The molecule has 5 nitrogen and oxygen atoms in total. The molecule has 0 spiro atoms. The molecule has 0 atom stereocenters. The van der Waals surface area contributed by atoms with E-state index < -0.39 is 0 Å². The van der Waals surface area contributed by atoms with Gasteiger partial charge < -0.3 is 9.47 Å². The molecular weight excluding hydrogens is 288 g/mol. The molecular formula is C18H24N4O. The van der Waals surface area contributed by atoms with Crippen LogP contribution in [0.5, 0.6) is 0 Å². The molecule has 1 fully saturated rings. The van der Waals surface area contributed by atoms with Crippen LogP contribution in [-0.2, 0) is 11.3 Å². The lowest BCUT2D eigenvalue weighted by molar-refractivity contribution is -0.130. The van der Waals surface area contributed by atoms with Crippen LogP contribution in [0.2, 0.25) is 0 Å². The summed E-state index contributed by atoms with van der Waals surface area (Å²) in [5, 5.41) is 0. The Morgan fingerprint density at radius 1 is 1.13 bits per heavy atom. The summed E-state index contributed by atoms with van der Waals surface area (Å²) in [5.74, 6) is 1.22. The predicted octanol–water partition coefficient (Wildman–Crippen LogP) is 2.32. The van der Waals surface area contributed by atoms with Crippen molar-refractivity contribution in [1.82, 2.24) is 19.4 Å². The van der Waals surface area contributed by atoms with Crippen molar-refractivity contribution >= 4 is 5.91 Å². The quantitative estimate of drug-likeness (QED) is 0.851. The van der Waals surface area contributed by atoms with Crippen LogP contribution in [0.4, 0.5) is 0 Å². The van der Waals surface area contributed by atoms with E-state index in [-0.39, 0.29) is 5.91 Å². The third kappa shape index (κ3) is 3.79. The first-order valence-electron chi connectivity index (χ1n) is 8.35. The molecule has 0 aromatic carbocycles. The van der Waals surface area contributed by atoms with Crippen LogP contribution in [0.15, 0.2) is 42.7 Å². The highest BCUT2D eigenvalue weighted by molar-refractivity contribution is 5.76. The van der Waals surface area contributed by atoms with Crippen molar-refractivity contribution in [2.75, 3.05) is 26.2 Å². The fourth-order valence-corrected chi connectivity index (χ4v) is 3.07. The summed E-state index contributed by atoms with van der Waals surface area (Å²) in [4.78, 5) is 20.9. The molecule has 3 heterocycles. The highest BCUT2D eigenvalue weighted by Gasteiger charge is 2.20. The van der Waals surface area contributed by atoms with E-state index in [2.05, 4.69) is 33.5 Å². The number of aromatic nitrogens is 2. The zero-order chi connectivity index (χ0) is 16.1. The highest BCUT2D eigenvalue weighted by atomic mass is 16.2. The van der Waals surface area contributed by atoms with Crippen LogP contribution in [0, 0.1) is 0 Å². The average Bonchev–Trinajstić information content (AvgIpc) is 2.97. The molecule has 1 aliphatic rings. The van der Waals surface area contributed by atoms with Crippen molar-refractivity contribution in [1.29, 1.82) is 0 Å². The average molecular weight is 312 g/mol. The van der Waals surface area contributed by atoms with Crippen LogP contribution >= 0.6 is 0 Å². The number of hydrogen-bond donors (Lipinski definition) is 0. The smallest absolute Gasteiger partial charge is 0.223 e. The number of carbonyl (C=O) groups is 1. The van der Waals surface area contributed by atoms with Gasteiger partial charge in [0.15, 0.2) is 0 Å². The lowest BCUT2D eigenvalue weighted by Crippen LogP contribution is -2.33. The molecule has 122 valence electrons. The van der Waals surface area contributed by atoms with Crippen molar-refractivity contribution in [2.24, 2.45) is 0 Å². The van der Waals surface area contributed by atoms with Crippen LogP contribution in [-0.4, -0.2) is 51.4 Å². The van der Waals surface area contributed by atoms with Gasteiger partial charge in [-0.25, -0.2) is 4.98 Å². The third-order valence-corrected chi connectivity index (χ3v) is 4.29. The molecule has 1 saturated heterocycles.